The minimum Gasteiger partial charge on any atom is -0.497 e. The number of aromatic amines is 1. The summed E-state index contributed by atoms with van der Waals surface area (Å²) in [6.07, 6.45) is 4.47. The fourth-order valence-corrected chi connectivity index (χ4v) is 4.63. The van der Waals surface area contributed by atoms with Crippen molar-refractivity contribution in [1.29, 1.82) is 0 Å². The molecule has 2 atom stereocenters. The molecule has 2 aromatic rings. The molecule has 4 N–H and O–H groups in total. The first-order valence-corrected chi connectivity index (χ1v) is 10.0. The van der Waals surface area contributed by atoms with Crippen LogP contribution < -0.4 is 10.5 Å². The third-order valence-corrected chi connectivity index (χ3v) is 6.46. The topological polar surface area (TPSA) is 96.6 Å². The van der Waals surface area contributed by atoms with Gasteiger partial charge in [0.15, 0.2) is 0 Å². The van der Waals surface area contributed by atoms with E-state index in [-0.39, 0.29) is 17.6 Å². The molecule has 1 spiro atoms. The molecule has 0 amide bonds. The summed E-state index contributed by atoms with van der Waals surface area (Å²) in [5.41, 5.74) is 8.83. The lowest BCUT2D eigenvalue weighted by Crippen LogP contribution is -2.62. The zero-order valence-corrected chi connectivity index (χ0v) is 16.4. The van der Waals surface area contributed by atoms with E-state index in [1.807, 2.05) is 30.5 Å². The average Bonchev–Trinajstić information content (AvgIpc) is 3.19. The number of nitrogens with zero attached hydrogens (tertiary/aromatic N) is 2. The molecule has 0 unspecified atom stereocenters. The number of hydrogen-bond donors (Lipinski definition) is 3. The van der Waals surface area contributed by atoms with Gasteiger partial charge in [-0.05, 0) is 50.2 Å². The van der Waals surface area contributed by atoms with E-state index in [4.69, 9.17) is 15.2 Å². The summed E-state index contributed by atoms with van der Waals surface area (Å²) in [5.74, 6) is 0.844. The average molecular weight is 386 g/mol. The minimum absolute atomic E-state index is 0.0825. The standard InChI is InChI=1S/C21H30N4O3/c1-27-17-4-2-15(3-5-17)20-16(13-23-24-20)14-25-9-6-21(7-10-25)18(26)12-19(21)28-11-8-22/h2-5,13,18-19,26H,6-12,14,22H2,1H3,(H,23,24)/t18-,19+/m0/s1. The van der Waals surface area contributed by atoms with Crippen LogP contribution in [0.3, 0.4) is 0 Å². The Kier molecular flexibility index (Phi) is 5.68. The van der Waals surface area contributed by atoms with Crippen molar-refractivity contribution in [2.45, 2.75) is 38.0 Å². The Balaban J connectivity index is 1.39. The zero-order valence-electron chi connectivity index (χ0n) is 16.4. The van der Waals surface area contributed by atoms with Crippen molar-refractivity contribution in [3.8, 4) is 17.0 Å². The predicted octanol–water partition coefficient (Wildman–Crippen LogP) is 1.78. The number of methoxy groups -OCH3 is 1. The highest BCUT2D eigenvalue weighted by atomic mass is 16.5. The molecule has 1 aliphatic heterocycles. The van der Waals surface area contributed by atoms with Gasteiger partial charge < -0.3 is 20.3 Å². The molecule has 7 nitrogen and oxygen atoms in total. The molecule has 152 valence electrons. The number of hydrogen-bond acceptors (Lipinski definition) is 6. The second-order valence-electron chi connectivity index (χ2n) is 7.91. The summed E-state index contributed by atoms with van der Waals surface area (Å²) in [4.78, 5) is 2.44. The van der Waals surface area contributed by atoms with Crippen LogP contribution in [0.25, 0.3) is 11.3 Å². The quantitative estimate of drug-likeness (QED) is 0.671. The first-order chi connectivity index (χ1) is 13.7. The SMILES string of the molecule is COc1ccc(-c2[nH]ncc2CN2CCC3(CC2)[C@@H](O)C[C@H]3OCCN)cc1. The normalized spacial score (nSPS) is 24.2. The predicted molar refractivity (Wildman–Crippen MR) is 107 cm³/mol. The Hall–Kier alpha value is -1.93. The number of ether oxygens (including phenoxy) is 2. The summed E-state index contributed by atoms with van der Waals surface area (Å²) in [6, 6.07) is 8.02. The van der Waals surface area contributed by atoms with Crippen molar-refractivity contribution in [2.24, 2.45) is 11.1 Å². The molecule has 1 saturated heterocycles. The van der Waals surface area contributed by atoms with Crippen LogP contribution in [-0.4, -0.2) is 65.8 Å². The molecule has 2 heterocycles. The van der Waals surface area contributed by atoms with E-state index in [2.05, 4.69) is 15.1 Å². The molecule has 2 aliphatic rings. The van der Waals surface area contributed by atoms with E-state index >= 15 is 0 Å². The van der Waals surface area contributed by atoms with Crippen molar-refractivity contribution >= 4 is 0 Å². The second-order valence-corrected chi connectivity index (χ2v) is 7.91. The second kappa shape index (κ2) is 8.21. The molecule has 1 aromatic carbocycles. The number of nitrogens with one attached hydrogen (secondary N) is 1. The number of H-pyrrole nitrogens is 1. The van der Waals surface area contributed by atoms with E-state index in [9.17, 15) is 5.11 Å². The van der Waals surface area contributed by atoms with Gasteiger partial charge in [-0.2, -0.15) is 5.10 Å². The lowest BCUT2D eigenvalue weighted by molar-refractivity contribution is -0.210. The van der Waals surface area contributed by atoms with Gasteiger partial charge in [-0.3, -0.25) is 10.00 Å². The maximum atomic E-state index is 10.4. The zero-order chi connectivity index (χ0) is 19.6. The summed E-state index contributed by atoms with van der Waals surface area (Å²) < 4.78 is 11.1. The third-order valence-electron chi connectivity index (χ3n) is 6.46. The van der Waals surface area contributed by atoms with Crippen LogP contribution in [0, 0.1) is 5.41 Å². The van der Waals surface area contributed by atoms with Crippen molar-refractivity contribution in [2.75, 3.05) is 33.4 Å². The summed E-state index contributed by atoms with van der Waals surface area (Å²) in [5, 5.41) is 17.8. The van der Waals surface area contributed by atoms with Gasteiger partial charge in [-0.1, -0.05) is 0 Å². The number of aromatic nitrogens is 2. The first kappa shape index (κ1) is 19.4. The summed E-state index contributed by atoms with van der Waals surface area (Å²) >= 11 is 0. The molecule has 4 rings (SSSR count). The van der Waals surface area contributed by atoms with Crippen LogP contribution in [0.4, 0.5) is 0 Å². The minimum atomic E-state index is -0.249. The van der Waals surface area contributed by atoms with E-state index < -0.39 is 0 Å². The van der Waals surface area contributed by atoms with E-state index in [1.54, 1.807) is 7.11 Å². The molecule has 0 bridgehead atoms. The Morgan fingerprint density at radius 1 is 1.29 bits per heavy atom. The van der Waals surface area contributed by atoms with Gasteiger partial charge in [0.2, 0.25) is 0 Å². The van der Waals surface area contributed by atoms with Gasteiger partial charge in [0.05, 0.1) is 37.8 Å². The number of piperidine rings is 1. The van der Waals surface area contributed by atoms with Crippen LogP contribution in [-0.2, 0) is 11.3 Å². The highest BCUT2D eigenvalue weighted by molar-refractivity contribution is 5.63. The molecule has 28 heavy (non-hydrogen) atoms. The van der Waals surface area contributed by atoms with Gasteiger partial charge in [0.1, 0.15) is 5.75 Å². The van der Waals surface area contributed by atoms with E-state index in [0.29, 0.717) is 13.2 Å². The molecule has 2 fully saturated rings. The molecule has 1 aliphatic carbocycles. The molecule has 0 radical (unpaired) electrons. The number of likely N-dealkylation sites (tertiary alicyclic amines) is 1. The van der Waals surface area contributed by atoms with Crippen LogP contribution >= 0.6 is 0 Å². The first-order valence-electron chi connectivity index (χ1n) is 10.0. The Labute approximate surface area is 165 Å². The van der Waals surface area contributed by atoms with Crippen LogP contribution in [0.5, 0.6) is 5.75 Å². The van der Waals surface area contributed by atoms with Crippen molar-refractivity contribution in [1.82, 2.24) is 15.1 Å². The molecule has 1 saturated carbocycles. The Morgan fingerprint density at radius 3 is 2.68 bits per heavy atom. The lowest BCUT2D eigenvalue weighted by atomic mass is 9.58. The van der Waals surface area contributed by atoms with Crippen LogP contribution in [0.2, 0.25) is 0 Å². The fourth-order valence-electron chi connectivity index (χ4n) is 4.63. The smallest absolute Gasteiger partial charge is 0.118 e. The molecule has 1 aromatic heterocycles. The third kappa shape index (κ3) is 3.55. The van der Waals surface area contributed by atoms with Gasteiger partial charge in [-0.15, -0.1) is 0 Å². The maximum Gasteiger partial charge on any atom is 0.118 e. The fraction of sp³-hybridized carbons (Fsp3) is 0.571. The van der Waals surface area contributed by atoms with E-state index in [1.165, 1.54) is 5.56 Å². The highest BCUT2D eigenvalue weighted by Gasteiger charge is 2.56. The molecule has 7 heteroatoms. The van der Waals surface area contributed by atoms with Crippen molar-refractivity contribution in [3.63, 3.8) is 0 Å². The Bertz CT molecular complexity index is 768. The Morgan fingerprint density at radius 2 is 2.04 bits per heavy atom. The van der Waals surface area contributed by atoms with Gasteiger partial charge in [0, 0.05) is 36.1 Å². The number of rotatable bonds is 7. The number of nitrogens with two attached hydrogens (primary N) is 1. The molecular formula is C21H30N4O3. The molecular weight excluding hydrogens is 356 g/mol. The van der Waals surface area contributed by atoms with Gasteiger partial charge in [0.25, 0.3) is 0 Å². The van der Waals surface area contributed by atoms with Gasteiger partial charge >= 0.3 is 0 Å². The van der Waals surface area contributed by atoms with Crippen LogP contribution in [0.15, 0.2) is 30.5 Å². The lowest BCUT2D eigenvalue weighted by Gasteiger charge is -2.56. The highest BCUT2D eigenvalue weighted by Crippen LogP contribution is 2.51. The summed E-state index contributed by atoms with van der Waals surface area (Å²) in [7, 11) is 1.67. The van der Waals surface area contributed by atoms with Gasteiger partial charge in [-0.25, -0.2) is 0 Å². The number of benzene rings is 1. The van der Waals surface area contributed by atoms with E-state index in [0.717, 1.165) is 55.9 Å². The van der Waals surface area contributed by atoms with Crippen molar-refractivity contribution in [3.05, 3.63) is 36.0 Å². The van der Waals surface area contributed by atoms with Crippen LogP contribution in [0.1, 0.15) is 24.8 Å². The maximum absolute atomic E-state index is 10.4. The number of aliphatic hydroxyl groups excluding tert-OH is 1. The summed E-state index contributed by atoms with van der Waals surface area (Å²) in [6.45, 7) is 3.85. The monoisotopic (exact) mass is 386 g/mol. The largest absolute Gasteiger partial charge is 0.497 e. The number of aliphatic hydroxyl groups is 1. The van der Waals surface area contributed by atoms with Crippen molar-refractivity contribution < 1.29 is 14.6 Å².